The third-order valence-corrected chi connectivity index (χ3v) is 6.78. The van der Waals surface area contributed by atoms with Gasteiger partial charge in [-0.25, -0.2) is 0 Å². The lowest BCUT2D eigenvalue weighted by Gasteiger charge is -2.43. The second-order valence-electron chi connectivity index (χ2n) is 8.50. The fourth-order valence-electron chi connectivity index (χ4n) is 4.55. The number of hydrogen-bond donors (Lipinski definition) is 3. The third kappa shape index (κ3) is 5.91. The summed E-state index contributed by atoms with van der Waals surface area (Å²) in [4.78, 5) is 24.8. The highest BCUT2D eigenvalue weighted by Crippen LogP contribution is 2.35. The second kappa shape index (κ2) is 10.6. The number of esters is 2. The summed E-state index contributed by atoms with van der Waals surface area (Å²) >= 11 is 0. The molecule has 2 fully saturated rings. The molecule has 162 valence electrons. The molecule has 7 nitrogen and oxygen atoms in total. The predicted molar refractivity (Wildman–Crippen MR) is 104 cm³/mol. The molecule has 0 amide bonds. The number of aliphatic hydroxyl groups is 2. The lowest BCUT2D eigenvalue weighted by molar-refractivity contribution is -0.155. The molecule has 0 aliphatic heterocycles. The Bertz CT molecular complexity index is 509. The molecule has 0 bridgehead atoms. The van der Waals surface area contributed by atoms with Crippen LogP contribution in [0, 0.1) is 17.8 Å². The fraction of sp³-hybridized carbons (Fsp3) is 0.905. The molecule has 2 aliphatic carbocycles. The zero-order valence-corrected chi connectivity index (χ0v) is 17.5. The van der Waals surface area contributed by atoms with Crippen LogP contribution in [0.5, 0.6) is 0 Å². The van der Waals surface area contributed by atoms with Gasteiger partial charge < -0.3 is 19.7 Å². The predicted octanol–water partition coefficient (Wildman–Crippen LogP) is 2.14. The van der Waals surface area contributed by atoms with Crippen molar-refractivity contribution in [1.29, 1.82) is 0 Å². The Morgan fingerprint density at radius 1 is 0.964 bits per heavy atom. The Labute approximate surface area is 168 Å². The van der Waals surface area contributed by atoms with Crippen LogP contribution < -0.4 is 5.32 Å². The summed E-state index contributed by atoms with van der Waals surface area (Å²) < 4.78 is 10.7. The maximum atomic E-state index is 12.5. The van der Waals surface area contributed by atoms with Gasteiger partial charge in [0.05, 0.1) is 30.7 Å². The number of rotatable bonds is 8. The number of hydrogen-bond acceptors (Lipinski definition) is 7. The molecule has 2 saturated carbocycles. The molecule has 0 heterocycles. The van der Waals surface area contributed by atoms with Gasteiger partial charge >= 0.3 is 11.9 Å². The quantitative estimate of drug-likeness (QED) is 0.424. The highest BCUT2D eigenvalue weighted by Gasteiger charge is 2.43. The van der Waals surface area contributed by atoms with Gasteiger partial charge in [0.15, 0.2) is 0 Å². The van der Waals surface area contributed by atoms with Crippen LogP contribution in [0.25, 0.3) is 0 Å². The summed E-state index contributed by atoms with van der Waals surface area (Å²) in [7, 11) is 0. The van der Waals surface area contributed by atoms with E-state index in [1.807, 2.05) is 13.8 Å². The average Bonchev–Trinajstić information content (AvgIpc) is 2.69. The highest BCUT2D eigenvalue weighted by molar-refractivity contribution is 5.74. The number of carbonyl (C=O) groups excluding carboxylic acids is 2. The van der Waals surface area contributed by atoms with Gasteiger partial charge in [-0.3, -0.25) is 14.9 Å². The summed E-state index contributed by atoms with van der Waals surface area (Å²) in [5.41, 5.74) is -0.538. The Kier molecular flexibility index (Phi) is 8.71. The standard InChI is InChI=1S/C21H37NO6/c1-4-27-20(26)15(3)21(11-9-18(24)10-12-21)22-13-28-19(25)14(2)16-5-7-17(23)8-6-16/h14-18,22-24H,4-13H2,1-3H3/t14?,15?,16-,17+,18-,21+. The van der Waals surface area contributed by atoms with Crippen LogP contribution >= 0.6 is 0 Å². The van der Waals surface area contributed by atoms with Gasteiger partial charge in [0.2, 0.25) is 0 Å². The fourth-order valence-corrected chi connectivity index (χ4v) is 4.55. The van der Waals surface area contributed by atoms with Crippen LogP contribution in [0.4, 0.5) is 0 Å². The molecule has 2 unspecified atom stereocenters. The first-order valence-corrected chi connectivity index (χ1v) is 10.7. The molecule has 2 rings (SSSR count). The molecule has 2 aliphatic rings. The van der Waals surface area contributed by atoms with E-state index in [9.17, 15) is 19.8 Å². The third-order valence-electron chi connectivity index (χ3n) is 6.78. The largest absolute Gasteiger partial charge is 0.466 e. The summed E-state index contributed by atoms with van der Waals surface area (Å²) in [6, 6.07) is 0. The number of aliphatic hydroxyl groups excluding tert-OH is 2. The van der Waals surface area contributed by atoms with E-state index in [0.717, 1.165) is 25.7 Å². The molecule has 0 spiro atoms. The summed E-state index contributed by atoms with van der Waals surface area (Å²) in [6.07, 6.45) is 5.02. The van der Waals surface area contributed by atoms with Crippen molar-refractivity contribution in [3.8, 4) is 0 Å². The summed E-state index contributed by atoms with van der Waals surface area (Å²) in [5, 5.41) is 22.8. The first-order chi connectivity index (χ1) is 13.3. The molecule has 2 atom stereocenters. The van der Waals surface area contributed by atoms with Gasteiger partial charge in [0.1, 0.15) is 6.73 Å². The topological polar surface area (TPSA) is 105 Å². The Morgan fingerprint density at radius 2 is 1.54 bits per heavy atom. The van der Waals surface area contributed by atoms with Gasteiger partial charge in [0.25, 0.3) is 0 Å². The van der Waals surface area contributed by atoms with Crippen LogP contribution in [-0.4, -0.2) is 53.2 Å². The lowest BCUT2D eigenvalue weighted by Crippen LogP contribution is -2.56. The number of carbonyl (C=O) groups is 2. The van der Waals surface area contributed by atoms with Gasteiger partial charge in [-0.05, 0) is 64.2 Å². The molecule has 0 aromatic heterocycles. The van der Waals surface area contributed by atoms with Crippen molar-refractivity contribution < 1.29 is 29.3 Å². The molecule has 0 radical (unpaired) electrons. The van der Waals surface area contributed by atoms with Crippen LogP contribution in [0.3, 0.4) is 0 Å². The monoisotopic (exact) mass is 399 g/mol. The zero-order chi connectivity index (χ0) is 20.7. The van der Waals surface area contributed by atoms with Crippen LogP contribution in [-0.2, 0) is 19.1 Å². The van der Waals surface area contributed by atoms with Crippen molar-refractivity contribution in [2.45, 2.75) is 89.9 Å². The zero-order valence-electron chi connectivity index (χ0n) is 17.5. The van der Waals surface area contributed by atoms with E-state index in [2.05, 4.69) is 5.32 Å². The lowest BCUT2D eigenvalue weighted by atomic mass is 9.72. The first kappa shape index (κ1) is 23.1. The molecular weight excluding hydrogens is 362 g/mol. The smallest absolute Gasteiger partial charge is 0.310 e. The maximum Gasteiger partial charge on any atom is 0.310 e. The van der Waals surface area contributed by atoms with Crippen LogP contribution in [0.1, 0.15) is 72.1 Å². The Balaban J connectivity index is 1.90. The van der Waals surface area contributed by atoms with Gasteiger partial charge in [0, 0.05) is 5.54 Å². The van der Waals surface area contributed by atoms with Crippen LogP contribution in [0.15, 0.2) is 0 Å². The Hall–Kier alpha value is -1.18. The molecule has 7 heteroatoms. The van der Waals surface area contributed by atoms with Gasteiger partial charge in [-0.2, -0.15) is 0 Å². The van der Waals surface area contributed by atoms with Crippen molar-refractivity contribution >= 4 is 11.9 Å². The van der Waals surface area contributed by atoms with E-state index in [0.29, 0.717) is 32.3 Å². The minimum atomic E-state index is -0.538. The van der Waals surface area contributed by atoms with Gasteiger partial charge in [-0.1, -0.05) is 13.8 Å². The summed E-state index contributed by atoms with van der Waals surface area (Å²) in [6.45, 7) is 5.87. The second-order valence-corrected chi connectivity index (χ2v) is 8.50. The molecule has 0 saturated heterocycles. The van der Waals surface area contributed by atoms with Gasteiger partial charge in [-0.15, -0.1) is 0 Å². The average molecular weight is 400 g/mol. The SMILES string of the molecule is CCOC(=O)C(C)[C@]1(NCOC(=O)C(C)[C@H]2CC[C@@H](O)CC2)CC[C@@H](O)CC1. The van der Waals surface area contributed by atoms with E-state index < -0.39 is 11.5 Å². The molecule has 3 N–H and O–H groups in total. The van der Waals surface area contributed by atoms with Crippen molar-refractivity contribution in [1.82, 2.24) is 5.32 Å². The number of nitrogens with one attached hydrogen (secondary N) is 1. The molecular formula is C21H37NO6. The number of ether oxygens (including phenoxy) is 2. The minimum absolute atomic E-state index is 0.0400. The van der Waals surface area contributed by atoms with E-state index >= 15 is 0 Å². The molecule has 0 aromatic carbocycles. The van der Waals surface area contributed by atoms with Crippen molar-refractivity contribution in [2.75, 3.05) is 13.3 Å². The first-order valence-electron chi connectivity index (χ1n) is 10.7. The maximum absolute atomic E-state index is 12.5. The Morgan fingerprint density at radius 3 is 2.11 bits per heavy atom. The minimum Gasteiger partial charge on any atom is -0.466 e. The van der Waals surface area contributed by atoms with Crippen molar-refractivity contribution in [3.05, 3.63) is 0 Å². The van der Waals surface area contributed by atoms with E-state index in [1.54, 1.807) is 6.92 Å². The van der Waals surface area contributed by atoms with Crippen molar-refractivity contribution in [2.24, 2.45) is 17.8 Å². The van der Waals surface area contributed by atoms with Crippen molar-refractivity contribution in [3.63, 3.8) is 0 Å². The summed E-state index contributed by atoms with van der Waals surface area (Å²) in [5.74, 6) is -0.875. The van der Waals surface area contributed by atoms with E-state index in [1.165, 1.54) is 0 Å². The van der Waals surface area contributed by atoms with E-state index in [4.69, 9.17) is 9.47 Å². The van der Waals surface area contributed by atoms with Crippen LogP contribution in [0.2, 0.25) is 0 Å². The van der Waals surface area contributed by atoms with E-state index in [-0.39, 0.29) is 42.7 Å². The normalized spacial score (nSPS) is 33.0. The molecule has 28 heavy (non-hydrogen) atoms. The highest BCUT2D eigenvalue weighted by atomic mass is 16.5. The molecule has 0 aromatic rings.